The summed E-state index contributed by atoms with van der Waals surface area (Å²) in [4.78, 5) is 2.28. The van der Waals surface area contributed by atoms with Crippen LogP contribution in [0.15, 0.2) is 12.1 Å². The standard InChI is InChI=1S/C15H24O2S/c1-10-7-8-12(18-10)15(6,16)11-9-13(2,3)17-14(11,4)5/h7-8,11,16H,9H2,1-6H3. The summed E-state index contributed by atoms with van der Waals surface area (Å²) in [6.07, 6.45) is 0.879. The van der Waals surface area contributed by atoms with E-state index in [1.165, 1.54) is 4.88 Å². The molecule has 2 nitrogen and oxygen atoms in total. The van der Waals surface area contributed by atoms with Crippen LogP contribution in [0.2, 0.25) is 0 Å². The van der Waals surface area contributed by atoms with Gasteiger partial charge in [0.15, 0.2) is 0 Å². The normalized spacial score (nSPS) is 29.2. The lowest BCUT2D eigenvalue weighted by atomic mass is 9.75. The van der Waals surface area contributed by atoms with Gasteiger partial charge in [0.25, 0.3) is 0 Å². The van der Waals surface area contributed by atoms with Gasteiger partial charge in [-0.05, 0) is 60.1 Å². The highest BCUT2D eigenvalue weighted by Gasteiger charge is 2.54. The zero-order valence-electron chi connectivity index (χ0n) is 12.2. The molecule has 2 unspecified atom stereocenters. The van der Waals surface area contributed by atoms with Gasteiger partial charge in [0.1, 0.15) is 5.60 Å². The number of hydrogen-bond donors (Lipinski definition) is 1. The van der Waals surface area contributed by atoms with Gasteiger partial charge in [0, 0.05) is 15.7 Å². The van der Waals surface area contributed by atoms with E-state index < -0.39 is 5.60 Å². The smallest absolute Gasteiger partial charge is 0.102 e. The molecule has 0 aliphatic carbocycles. The molecule has 0 amide bonds. The van der Waals surface area contributed by atoms with E-state index in [9.17, 15) is 5.11 Å². The minimum atomic E-state index is -0.823. The molecule has 1 N–H and O–H groups in total. The summed E-state index contributed by atoms with van der Waals surface area (Å²) in [5.74, 6) is 0.109. The Morgan fingerprint density at radius 2 is 1.94 bits per heavy atom. The van der Waals surface area contributed by atoms with Gasteiger partial charge >= 0.3 is 0 Å². The van der Waals surface area contributed by atoms with E-state index >= 15 is 0 Å². The SMILES string of the molecule is Cc1ccc(C(C)(O)C2CC(C)(C)OC2(C)C)s1. The molecule has 0 spiro atoms. The Kier molecular flexibility index (Phi) is 3.16. The number of ether oxygens (including phenoxy) is 1. The van der Waals surface area contributed by atoms with E-state index in [1.54, 1.807) is 11.3 Å². The largest absolute Gasteiger partial charge is 0.384 e. The van der Waals surface area contributed by atoms with Crippen molar-refractivity contribution in [3.63, 3.8) is 0 Å². The predicted molar refractivity (Wildman–Crippen MR) is 76.0 cm³/mol. The Bertz CT molecular complexity index is 443. The second-order valence-electron chi connectivity index (χ2n) is 6.78. The first-order valence-corrected chi connectivity index (χ1v) is 7.36. The fourth-order valence-corrected chi connectivity index (χ4v) is 4.28. The van der Waals surface area contributed by atoms with E-state index in [1.807, 2.05) is 13.0 Å². The van der Waals surface area contributed by atoms with Crippen LogP contribution < -0.4 is 0 Å². The van der Waals surface area contributed by atoms with Crippen LogP contribution in [0.3, 0.4) is 0 Å². The molecule has 102 valence electrons. The number of aryl methyl sites for hydroxylation is 1. The summed E-state index contributed by atoms with van der Waals surface area (Å²) in [6, 6.07) is 4.11. The molecule has 2 atom stereocenters. The highest BCUT2D eigenvalue weighted by atomic mass is 32.1. The van der Waals surface area contributed by atoms with Crippen LogP contribution in [-0.2, 0) is 10.3 Å². The maximum atomic E-state index is 11.0. The van der Waals surface area contributed by atoms with Gasteiger partial charge in [0.2, 0.25) is 0 Å². The van der Waals surface area contributed by atoms with Gasteiger partial charge < -0.3 is 9.84 Å². The zero-order valence-corrected chi connectivity index (χ0v) is 13.0. The third kappa shape index (κ3) is 2.36. The molecule has 2 rings (SSSR count). The summed E-state index contributed by atoms with van der Waals surface area (Å²) in [5, 5.41) is 11.0. The monoisotopic (exact) mass is 268 g/mol. The highest BCUT2D eigenvalue weighted by Crippen LogP contribution is 2.51. The van der Waals surface area contributed by atoms with E-state index in [2.05, 4.69) is 40.7 Å². The molecule has 1 aromatic heterocycles. The Morgan fingerprint density at radius 3 is 2.33 bits per heavy atom. The topological polar surface area (TPSA) is 29.5 Å². The molecule has 1 fully saturated rings. The van der Waals surface area contributed by atoms with Crippen molar-refractivity contribution in [3.05, 3.63) is 21.9 Å². The second-order valence-corrected chi connectivity index (χ2v) is 8.07. The molecule has 0 bridgehead atoms. The van der Waals surface area contributed by atoms with Gasteiger partial charge in [-0.1, -0.05) is 0 Å². The molecule has 1 aliphatic rings. The molecule has 1 saturated heterocycles. The molecule has 18 heavy (non-hydrogen) atoms. The van der Waals surface area contributed by atoms with Crippen molar-refractivity contribution in [2.24, 2.45) is 5.92 Å². The molecule has 1 aromatic rings. The van der Waals surface area contributed by atoms with Crippen LogP contribution in [0.25, 0.3) is 0 Å². The molecule has 0 saturated carbocycles. The first-order valence-electron chi connectivity index (χ1n) is 6.54. The van der Waals surface area contributed by atoms with Crippen molar-refractivity contribution in [1.82, 2.24) is 0 Å². The molecule has 0 radical (unpaired) electrons. The van der Waals surface area contributed by atoms with Crippen molar-refractivity contribution in [1.29, 1.82) is 0 Å². The predicted octanol–water partition coefficient (Wildman–Crippen LogP) is 3.86. The molecular weight excluding hydrogens is 244 g/mol. The molecule has 0 aromatic carbocycles. The van der Waals surface area contributed by atoms with Gasteiger partial charge in [-0.25, -0.2) is 0 Å². The van der Waals surface area contributed by atoms with Crippen molar-refractivity contribution in [3.8, 4) is 0 Å². The minimum absolute atomic E-state index is 0.109. The van der Waals surface area contributed by atoms with Crippen LogP contribution in [0.5, 0.6) is 0 Å². The van der Waals surface area contributed by atoms with Gasteiger partial charge in [-0.15, -0.1) is 11.3 Å². The number of thiophene rings is 1. The second kappa shape index (κ2) is 4.06. The van der Waals surface area contributed by atoms with Crippen molar-refractivity contribution < 1.29 is 9.84 Å². The molecular formula is C15H24O2S. The van der Waals surface area contributed by atoms with Crippen molar-refractivity contribution in [2.75, 3.05) is 0 Å². The van der Waals surface area contributed by atoms with Crippen LogP contribution in [0.1, 0.15) is 50.8 Å². The minimum Gasteiger partial charge on any atom is -0.384 e. The lowest BCUT2D eigenvalue weighted by molar-refractivity contribution is -0.109. The van der Waals surface area contributed by atoms with Crippen molar-refractivity contribution in [2.45, 2.75) is 64.8 Å². The highest BCUT2D eigenvalue weighted by molar-refractivity contribution is 7.12. The zero-order chi connectivity index (χ0) is 13.8. The third-order valence-electron chi connectivity index (χ3n) is 3.99. The summed E-state index contributed by atoms with van der Waals surface area (Å²) in [5.41, 5.74) is -1.29. The fraction of sp³-hybridized carbons (Fsp3) is 0.733. The summed E-state index contributed by atoms with van der Waals surface area (Å²) in [6.45, 7) is 12.4. The lowest BCUT2D eigenvalue weighted by Gasteiger charge is -2.37. The van der Waals surface area contributed by atoms with Crippen molar-refractivity contribution >= 4 is 11.3 Å². The maximum absolute atomic E-state index is 11.0. The number of hydrogen-bond acceptors (Lipinski definition) is 3. The number of aliphatic hydroxyl groups is 1. The van der Waals surface area contributed by atoms with E-state index in [0.29, 0.717) is 0 Å². The van der Waals surface area contributed by atoms with Gasteiger partial charge in [0.05, 0.1) is 11.2 Å². The van der Waals surface area contributed by atoms with E-state index in [0.717, 1.165) is 11.3 Å². The Hall–Kier alpha value is -0.380. The van der Waals surface area contributed by atoms with Crippen LogP contribution in [0.4, 0.5) is 0 Å². The summed E-state index contributed by atoms with van der Waals surface area (Å²) in [7, 11) is 0. The van der Waals surface area contributed by atoms with Gasteiger partial charge in [-0.2, -0.15) is 0 Å². The Balaban J connectivity index is 2.36. The molecule has 1 aliphatic heterocycles. The van der Waals surface area contributed by atoms with Crippen LogP contribution in [-0.4, -0.2) is 16.3 Å². The number of rotatable bonds is 2. The average Bonchev–Trinajstić information content (AvgIpc) is 2.67. The maximum Gasteiger partial charge on any atom is 0.102 e. The van der Waals surface area contributed by atoms with Crippen LogP contribution >= 0.6 is 11.3 Å². The summed E-state index contributed by atoms with van der Waals surface area (Å²) >= 11 is 1.68. The molecule has 2 heterocycles. The lowest BCUT2D eigenvalue weighted by Crippen LogP contribution is -2.42. The third-order valence-corrected chi connectivity index (χ3v) is 5.22. The van der Waals surface area contributed by atoms with E-state index in [4.69, 9.17) is 4.74 Å². The molecule has 3 heteroatoms. The quantitative estimate of drug-likeness (QED) is 0.882. The summed E-state index contributed by atoms with van der Waals surface area (Å²) < 4.78 is 6.11. The van der Waals surface area contributed by atoms with Crippen LogP contribution in [0, 0.1) is 12.8 Å². The first kappa shape index (κ1) is 14.0. The van der Waals surface area contributed by atoms with Gasteiger partial charge in [-0.3, -0.25) is 0 Å². The van der Waals surface area contributed by atoms with E-state index in [-0.39, 0.29) is 17.1 Å². The first-order chi connectivity index (χ1) is 8.05. The fourth-order valence-electron chi connectivity index (χ4n) is 3.32. The Morgan fingerprint density at radius 1 is 1.33 bits per heavy atom. The Labute approximate surface area is 114 Å². The average molecular weight is 268 g/mol.